The summed E-state index contributed by atoms with van der Waals surface area (Å²) in [5.74, 6) is 0. The summed E-state index contributed by atoms with van der Waals surface area (Å²) in [4.78, 5) is 15.4. The van der Waals surface area contributed by atoms with E-state index >= 15 is 0 Å². The summed E-state index contributed by atoms with van der Waals surface area (Å²) in [6.07, 6.45) is 10.1. The Kier molecular flexibility index (Phi) is 6.89. The molecule has 0 saturated carbocycles. The van der Waals surface area contributed by atoms with E-state index in [1.165, 1.54) is 0 Å². The summed E-state index contributed by atoms with van der Waals surface area (Å²) in [6.45, 7) is 11.3. The van der Waals surface area contributed by atoms with E-state index in [2.05, 4.69) is 36.2 Å². The number of nitrogens with zero attached hydrogens (tertiary/aromatic N) is 6. The predicted octanol–water partition coefficient (Wildman–Crippen LogP) is 5.53. The maximum absolute atomic E-state index is 12.6. The number of carbonyl (C=O) groups excluding carboxylic acids is 1. The topological polar surface area (TPSA) is 88.4 Å². The molecule has 0 N–H and O–H groups in total. The Labute approximate surface area is 204 Å². The summed E-state index contributed by atoms with van der Waals surface area (Å²) in [7, 11) is 0. The number of pyridine rings is 1. The van der Waals surface area contributed by atoms with Crippen LogP contribution >= 0.6 is 11.8 Å². The molecule has 4 rings (SSSR count). The van der Waals surface area contributed by atoms with Crippen LogP contribution in [0.2, 0.25) is 0 Å². The minimum atomic E-state index is -0.509. The molecule has 1 aliphatic heterocycles. The van der Waals surface area contributed by atoms with Gasteiger partial charge >= 0.3 is 6.09 Å². The molecule has 0 aliphatic carbocycles. The highest BCUT2D eigenvalue weighted by molar-refractivity contribution is 8.00. The number of rotatable bonds is 5. The van der Waals surface area contributed by atoms with Gasteiger partial charge in [0.25, 0.3) is 0 Å². The number of aromatic nitrogens is 4. The van der Waals surface area contributed by atoms with Crippen molar-refractivity contribution in [3.63, 3.8) is 0 Å². The second-order valence-electron chi connectivity index (χ2n) is 9.82. The molecule has 3 aromatic heterocycles. The van der Waals surface area contributed by atoms with Crippen LogP contribution in [-0.4, -0.2) is 54.3 Å². The smallest absolute Gasteiger partial charge is 0.410 e. The lowest BCUT2D eigenvalue weighted by molar-refractivity contribution is 0.0167. The Bertz CT molecular complexity index is 1220. The average molecular weight is 481 g/mol. The lowest BCUT2D eigenvalue weighted by Gasteiger charge is -2.34. The van der Waals surface area contributed by atoms with Gasteiger partial charge in [0.15, 0.2) is 0 Å². The molecular weight excluding hydrogens is 448 g/mol. The molecule has 34 heavy (non-hydrogen) atoms. The van der Waals surface area contributed by atoms with Gasteiger partial charge in [-0.25, -0.2) is 9.31 Å². The van der Waals surface area contributed by atoms with Crippen LogP contribution in [-0.2, 0) is 4.74 Å². The Morgan fingerprint density at radius 1 is 1.29 bits per heavy atom. The highest BCUT2D eigenvalue weighted by Gasteiger charge is 2.29. The summed E-state index contributed by atoms with van der Waals surface area (Å²) < 4.78 is 9.32. The van der Waals surface area contributed by atoms with Crippen LogP contribution < -0.4 is 0 Å². The van der Waals surface area contributed by atoms with E-state index in [1.54, 1.807) is 27.4 Å². The van der Waals surface area contributed by atoms with E-state index in [9.17, 15) is 10.1 Å². The van der Waals surface area contributed by atoms with Crippen LogP contribution in [0.4, 0.5) is 4.79 Å². The quantitative estimate of drug-likeness (QED) is 0.446. The fraction of sp³-hybridized carbons (Fsp3) is 0.520. The van der Waals surface area contributed by atoms with Crippen molar-refractivity contribution in [1.82, 2.24) is 24.3 Å². The van der Waals surface area contributed by atoms with Gasteiger partial charge in [-0.1, -0.05) is 13.8 Å². The van der Waals surface area contributed by atoms with Gasteiger partial charge in [0, 0.05) is 46.8 Å². The van der Waals surface area contributed by atoms with E-state index in [-0.39, 0.29) is 12.1 Å². The summed E-state index contributed by atoms with van der Waals surface area (Å²) >= 11 is 1.76. The van der Waals surface area contributed by atoms with E-state index in [1.807, 2.05) is 44.0 Å². The molecule has 1 fully saturated rings. The number of amides is 1. The van der Waals surface area contributed by atoms with Gasteiger partial charge in [0.1, 0.15) is 11.7 Å². The number of thioether (sulfide) groups is 1. The van der Waals surface area contributed by atoms with E-state index < -0.39 is 5.60 Å². The van der Waals surface area contributed by atoms with Crippen LogP contribution in [0.1, 0.15) is 65.5 Å². The maximum Gasteiger partial charge on any atom is 0.410 e. The molecule has 0 aromatic carbocycles. The van der Waals surface area contributed by atoms with E-state index in [0.29, 0.717) is 23.9 Å². The van der Waals surface area contributed by atoms with Gasteiger partial charge < -0.3 is 9.64 Å². The largest absolute Gasteiger partial charge is 0.444 e. The number of hydrogen-bond acceptors (Lipinski definition) is 6. The third-order valence-electron chi connectivity index (χ3n) is 5.96. The van der Waals surface area contributed by atoms with E-state index in [0.717, 1.165) is 40.8 Å². The van der Waals surface area contributed by atoms with Crippen molar-refractivity contribution in [2.24, 2.45) is 0 Å². The summed E-state index contributed by atoms with van der Waals surface area (Å²) in [5.41, 5.74) is 2.90. The van der Waals surface area contributed by atoms with Gasteiger partial charge in [0.2, 0.25) is 0 Å². The van der Waals surface area contributed by atoms with Gasteiger partial charge in [-0.2, -0.15) is 15.5 Å². The molecule has 9 heteroatoms. The van der Waals surface area contributed by atoms with Crippen LogP contribution in [0.5, 0.6) is 0 Å². The number of fused-ring (bicyclic) bond motifs is 1. The Morgan fingerprint density at radius 2 is 2.09 bits per heavy atom. The van der Waals surface area contributed by atoms with Crippen molar-refractivity contribution in [1.29, 1.82) is 5.26 Å². The maximum atomic E-state index is 12.6. The first-order valence-corrected chi connectivity index (χ1v) is 12.7. The second-order valence-corrected chi connectivity index (χ2v) is 11.3. The lowest BCUT2D eigenvalue weighted by Crippen LogP contribution is -2.43. The Morgan fingerprint density at radius 3 is 2.79 bits per heavy atom. The Balaban J connectivity index is 1.60. The SMILES string of the molecule is CC[C@@H](C)Sc1cc(-c2cnn([C@H]3CCCN(C(=O)OC(C)(C)C)C3)c2)cn2ncc(C#N)c12. The fourth-order valence-electron chi connectivity index (χ4n) is 4.06. The van der Waals surface area contributed by atoms with Crippen molar-refractivity contribution in [2.75, 3.05) is 13.1 Å². The van der Waals surface area contributed by atoms with Crippen molar-refractivity contribution < 1.29 is 9.53 Å². The molecule has 2 atom stereocenters. The molecular formula is C25H32N6O2S. The molecule has 3 aromatic rings. The number of likely N-dealkylation sites (tertiary alicyclic amines) is 1. The molecule has 0 spiro atoms. The molecule has 0 bridgehead atoms. The molecule has 1 amide bonds. The molecule has 0 radical (unpaired) electrons. The highest BCUT2D eigenvalue weighted by Crippen LogP contribution is 2.35. The molecule has 4 heterocycles. The summed E-state index contributed by atoms with van der Waals surface area (Å²) in [6, 6.07) is 4.49. The van der Waals surface area contributed by atoms with Crippen molar-refractivity contribution in [2.45, 2.75) is 75.7 Å². The number of carbonyl (C=O) groups is 1. The number of hydrogen-bond donors (Lipinski definition) is 0. The molecule has 1 saturated heterocycles. The van der Waals surface area contributed by atoms with Crippen molar-refractivity contribution >= 4 is 23.4 Å². The Hall–Kier alpha value is -2.99. The molecule has 180 valence electrons. The van der Waals surface area contributed by atoms with Crippen LogP contribution in [0.25, 0.3) is 16.6 Å². The molecule has 0 unspecified atom stereocenters. The third-order valence-corrected chi connectivity index (χ3v) is 7.26. The van der Waals surface area contributed by atoms with Crippen molar-refractivity contribution in [3.8, 4) is 17.2 Å². The van der Waals surface area contributed by atoms with Crippen LogP contribution in [0.15, 0.2) is 35.7 Å². The minimum absolute atomic E-state index is 0.0996. The molecule has 8 nitrogen and oxygen atoms in total. The predicted molar refractivity (Wildman–Crippen MR) is 133 cm³/mol. The van der Waals surface area contributed by atoms with Gasteiger partial charge in [0.05, 0.1) is 29.5 Å². The third kappa shape index (κ3) is 5.22. The zero-order valence-corrected chi connectivity index (χ0v) is 21.3. The number of ether oxygens (including phenoxy) is 1. The van der Waals surface area contributed by atoms with Gasteiger partial charge in [-0.05, 0) is 46.1 Å². The number of nitriles is 1. The van der Waals surface area contributed by atoms with Gasteiger partial charge in [-0.15, -0.1) is 11.8 Å². The highest BCUT2D eigenvalue weighted by atomic mass is 32.2. The minimum Gasteiger partial charge on any atom is -0.444 e. The fourth-order valence-corrected chi connectivity index (χ4v) is 5.17. The average Bonchev–Trinajstić information content (AvgIpc) is 3.45. The number of piperidine rings is 1. The standard InChI is InChI=1S/C25H32N6O2S/c1-6-17(2)34-22-10-18(14-31-23(22)19(11-26)12-28-31)20-13-27-30(15-20)21-8-7-9-29(16-21)24(32)33-25(3,4)5/h10,12-15,17,21H,6-9,16H2,1-5H3/t17-,21+/m1/s1. The van der Waals surface area contributed by atoms with E-state index in [4.69, 9.17) is 4.74 Å². The van der Waals surface area contributed by atoms with Crippen molar-refractivity contribution in [3.05, 3.63) is 36.4 Å². The monoisotopic (exact) mass is 480 g/mol. The zero-order chi connectivity index (χ0) is 24.5. The first-order chi connectivity index (χ1) is 16.2. The lowest BCUT2D eigenvalue weighted by atomic mass is 10.1. The first-order valence-electron chi connectivity index (χ1n) is 11.8. The molecule has 1 aliphatic rings. The zero-order valence-electron chi connectivity index (χ0n) is 20.5. The van der Waals surface area contributed by atoms with Crippen LogP contribution in [0.3, 0.4) is 0 Å². The second kappa shape index (κ2) is 9.71. The summed E-state index contributed by atoms with van der Waals surface area (Å²) in [5, 5.41) is 19.0. The normalized spacial score (nSPS) is 17.5. The van der Waals surface area contributed by atoms with Gasteiger partial charge in [-0.3, -0.25) is 4.68 Å². The van der Waals surface area contributed by atoms with Crippen LogP contribution in [0, 0.1) is 11.3 Å². The first kappa shape index (κ1) is 24.1.